The first-order valence-corrected chi connectivity index (χ1v) is 10.6. The summed E-state index contributed by atoms with van der Waals surface area (Å²) in [7, 11) is 0. The molecule has 4 rings (SSSR count). The second-order valence-corrected chi connectivity index (χ2v) is 7.98. The highest BCUT2D eigenvalue weighted by Crippen LogP contribution is 2.48. The zero-order valence-corrected chi connectivity index (χ0v) is 15.6. The van der Waals surface area contributed by atoms with E-state index >= 15 is 0 Å². The standard InChI is InChI=1S/C19H21N3S2/c1-3-14-12-24-19-21-17(16-6-4-5-11-20-16)18(22(14)19)13-7-9-15(23-2)10-8-13/h4-11,14,17-18H,3,12H2,1-2H3/t14-,17-,18+/m1/s1. The molecule has 24 heavy (non-hydrogen) atoms. The lowest BCUT2D eigenvalue weighted by molar-refractivity contribution is 0.255. The number of thioether (sulfide) groups is 2. The fourth-order valence-electron chi connectivity index (χ4n) is 3.51. The summed E-state index contributed by atoms with van der Waals surface area (Å²) in [4.78, 5) is 13.5. The Kier molecular flexibility index (Phi) is 4.55. The summed E-state index contributed by atoms with van der Waals surface area (Å²) in [5, 5.41) is 1.19. The summed E-state index contributed by atoms with van der Waals surface area (Å²) in [6.45, 7) is 2.27. The topological polar surface area (TPSA) is 28.5 Å². The average Bonchev–Trinajstić information content (AvgIpc) is 3.21. The maximum Gasteiger partial charge on any atom is 0.160 e. The highest BCUT2D eigenvalue weighted by molar-refractivity contribution is 8.14. The normalized spacial score (nSPS) is 25.7. The van der Waals surface area contributed by atoms with E-state index in [1.165, 1.54) is 15.6 Å². The lowest BCUT2D eigenvalue weighted by Gasteiger charge is -2.32. The van der Waals surface area contributed by atoms with Crippen LogP contribution in [0.25, 0.3) is 0 Å². The number of hydrogen-bond acceptors (Lipinski definition) is 5. The third-order valence-corrected chi connectivity index (χ3v) is 6.66. The van der Waals surface area contributed by atoms with Crippen molar-refractivity contribution in [1.29, 1.82) is 0 Å². The maximum atomic E-state index is 5.06. The molecular weight excluding hydrogens is 334 g/mol. The number of rotatable bonds is 4. The van der Waals surface area contributed by atoms with Crippen LogP contribution in [0.2, 0.25) is 0 Å². The molecule has 0 amide bonds. The molecule has 0 bridgehead atoms. The Hall–Kier alpha value is -1.46. The van der Waals surface area contributed by atoms with E-state index in [1.807, 2.05) is 24.0 Å². The van der Waals surface area contributed by atoms with Crippen molar-refractivity contribution in [2.24, 2.45) is 4.99 Å². The van der Waals surface area contributed by atoms with Gasteiger partial charge in [-0.3, -0.25) is 9.98 Å². The molecule has 1 aromatic carbocycles. The molecule has 0 aliphatic carbocycles. The number of hydrogen-bond donors (Lipinski definition) is 0. The first-order valence-electron chi connectivity index (χ1n) is 8.35. The van der Waals surface area contributed by atoms with Crippen LogP contribution in [0, 0.1) is 0 Å². The van der Waals surface area contributed by atoms with Crippen LogP contribution in [-0.2, 0) is 0 Å². The second-order valence-electron chi connectivity index (χ2n) is 6.11. The van der Waals surface area contributed by atoms with Gasteiger partial charge >= 0.3 is 0 Å². The van der Waals surface area contributed by atoms with Crippen LogP contribution < -0.4 is 0 Å². The molecule has 1 saturated heterocycles. The molecule has 2 aliphatic heterocycles. The number of nitrogens with zero attached hydrogens (tertiary/aromatic N) is 3. The number of aliphatic imine (C=N–C) groups is 1. The zero-order chi connectivity index (χ0) is 16.5. The molecule has 5 heteroatoms. The molecule has 1 fully saturated rings. The van der Waals surface area contributed by atoms with Gasteiger partial charge < -0.3 is 4.90 Å². The van der Waals surface area contributed by atoms with E-state index in [0.29, 0.717) is 6.04 Å². The Morgan fingerprint density at radius 2 is 2.04 bits per heavy atom. The van der Waals surface area contributed by atoms with Crippen molar-refractivity contribution in [2.75, 3.05) is 12.0 Å². The van der Waals surface area contributed by atoms with Gasteiger partial charge in [0, 0.05) is 22.9 Å². The fourth-order valence-corrected chi connectivity index (χ4v) is 5.26. The summed E-state index contributed by atoms with van der Waals surface area (Å²) in [6.07, 6.45) is 5.14. The van der Waals surface area contributed by atoms with Gasteiger partial charge in [0.2, 0.25) is 0 Å². The van der Waals surface area contributed by atoms with Gasteiger partial charge in [-0.1, -0.05) is 36.9 Å². The van der Waals surface area contributed by atoms with Crippen LogP contribution in [0.3, 0.4) is 0 Å². The van der Waals surface area contributed by atoms with E-state index in [9.17, 15) is 0 Å². The quantitative estimate of drug-likeness (QED) is 0.738. The molecule has 2 aromatic rings. The lowest BCUT2D eigenvalue weighted by atomic mass is 9.95. The minimum absolute atomic E-state index is 0.0863. The fraction of sp³-hybridized carbons (Fsp3) is 0.368. The first kappa shape index (κ1) is 16.0. The zero-order valence-electron chi connectivity index (χ0n) is 13.9. The van der Waals surface area contributed by atoms with Gasteiger partial charge in [0.05, 0.1) is 11.7 Å². The monoisotopic (exact) mass is 355 g/mol. The molecule has 0 saturated carbocycles. The number of amidine groups is 1. The van der Waals surface area contributed by atoms with Crippen LogP contribution in [0.15, 0.2) is 58.5 Å². The number of pyridine rings is 1. The Bertz CT molecular complexity index is 730. The number of aromatic nitrogens is 1. The molecule has 0 N–H and O–H groups in total. The van der Waals surface area contributed by atoms with Gasteiger partial charge in [-0.15, -0.1) is 11.8 Å². The third-order valence-electron chi connectivity index (χ3n) is 4.79. The largest absolute Gasteiger partial charge is 0.338 e. The molecule has 124 valence electrons. The smallest absolute Gasteiger partial charge is 0.160 e. The van der Waals surface area contributed by atoms with Crippen molar-refractivity contribution in [3.05, 3.63) is 59.9 Å². The number of benzene rings is 1. The van der Waals surface area contributed by atoms with Gasteiger partial charge in [-0.25, -0.2) is 0 Å². The van der Waals surface area contributed by atoms with Crippen molar-refractivity contribution >= 4 is 28.7 Å². The third kappa shape index (κ3) is 2.74. The van der Waals surface area contributed by atoms with Gasteiger partial charge in [0.15, 0.2) is 5.17 Å². The number of fused-ring (bicyclic) bond motifs is 1. The van der Waals surface area contributed by atoms with Crippen LogP contribution in [-0.4, -0.2) is 33.1 Å². The van der Waals surface area contributed by atoms with Crippen molar-refractivity contribution in [3.63, 3.8) is 0 Å². The summed E-state index contributed by atoms with van der Waals surface area (Å²) < 4.78 is 0. The van der Waals surface area contributed by atoms with E-state index in [2.05, 4.69) is 59.5 Å². The van der Waals surface area contributed by atoms with Crippen molar-refractivity contribution in [2.45, 2.75) is 36.4 Å². The van der Waals surface area contributed by atoms with Gasteiger partial charge in [-0.05, 0) is 42.5 Å². The van der Waals surface area contributed by atoms with Crippen LogP contribution in [0.1, 0.15) is 36.7 Å². The highest BCUT2D eigenvalue weighted by atomic mass is 32.2. The van der Waals surface area contributed by atoms with Gasteiger partial charge in [0.1, 0.15) is 6.04 Å². The minimum atomic E-state index is 0.0863. The van der Waals surface area contributed by atoms with E-state index in [1.54, 1.807) is 11.8 Å². The van der Waals surface area contributed by atoms with Crippen molar-refractivity contribution < 1.29 is 0 Å². The van der Waals surface area contributed by atoms with E-state index in [4.69, 9.17) is 4.99 Å². The van der Waals surface area contributed by atoms with Gasteiger partial charge in [-0.2, -0.15) is 0 Å². The minimum Gasteiger partial charge on any atom is -0.338 e. The molecule has 1 aromatic heterocycles. The van der Waals surface area contributed by atoms with Gasteiger partial charge in [0.25, 0.3) is 0 Å². The summed E-state index contributed by atoms with van der Waals surface area (Å²) in [5.74, 6) is 1.14. The summed E-state index contributed by atoms with van der Waals surface area (Å²) in [6, 6.07) is 16.0. The molecule has 0 unspecified atom stereocenters. The summed E-state index contributed by atoms with van der Waals surface area (Å²) >= 11 is 3.68. The molecule has 3 atom stereocenters. The maximum absolute atomic E-state index is 5.06. The SMILES string of the molecule is CC[C@@H]1CSC2=N[C@H](c3ccccn3)[C@H](c3ccc(SC)cc3)N21. The Morgan fingerprint density at radius 1 is 1.21 bits per heavy atom. The average molecular weight is 356 g/mol. The lowest BCUT2D eigenvalue weighted by Crippen LogP contribution is -2.35. The van der Waals surface area contributed by atoms with Crippen LogP contribution in [0.5, 0.6) is 0 Å². The molecular formula is C19H21N3S2. The molecule has 3 heterocycles. The predicted octanol–water partition coefficient (Wildman–Crippen LogP) is 4.78. The van der Waals surface area contributed by atoms with Crippen LogP contribution >= 0.6 is 23.5 Å². The highest BCUT2D eigenvalue weighted by Gasteiger charge is 2.45. The molecule has 0 spiro atoms. The second kappa shape index (κ2) is 6.81. The van der Waals surface area contributed by atoms with E-state index in [-0.39, 0.29) is 12.1 Å². The van der Waals surface area contributed by atoms with E-state index < -0.39 is 0 Å². The Labute approximate surface area is 152 Å². The first-order chi connectivity index (χ1) is 11.8. The van der Waals surface area contributed by atoms with E-state index in [0.717, 1.165) is 17.9 Å². The summed E-state index contributed by atoms with van der Waals surface area (Å²) in [5.41, 5.74) is 2.40. The van der Waals surface area contributed by atoms with Crippen LogP contribution in [0.4, 0.5) is 0 Å². The predicted molar refractivity (Wildman–Crippen MR) is 104 cm³/mol. The van der Waals surface area contributed by atoms with Crippen molar-refractivity contribution in [3.8, 4) is 0 Å². The Balaban J connectivity index is 1.76. The molecule has 2 aliphatic rings. The molecule has 0 radical (unpaired) electrons. The van der Waals surface area contributed by atoms with Crippen molar-refractivity contribution in [1.82, 2.24) is 9.88 Å². The molecule has 3 nitrogen and oxygen atoms in total. The Morgan fingerprint density at radius 3 is 2.71 bits per heavy atom.